The molecule has 0 saturated heterocycles. The van der Waals surface area contributed by atoms with Gasteiger partial charge in [-0.2, -0.15) is 0 Å². The highest BCUT2D eigenvalue weighted by Gasteiger charge is 2.21. The fourth-order valence-corrected chi connectivity index (χ4v) is 9.42. The molecule has 0 N–H and O–H groups in total. The summed E-state index contributed by atoms with van der Waals surface area (Å²) in [4.78, 5) is 10.7. The van der Waals surface area contributed by atoms with E-state index in [0.29, 0.717) is 5.95 Å². The van der Waals surface area contributed by atoms with Crippen LogP contribution in [0, 0.1) is 0 Å². The normalized spacial score (nSPS) is 12.1. The highest BCUT2D eigenvalue weighted by molar-refractivity contribution is 6.15. The van der Waals surface area contributed by atoms with Gasteiger partial charge in [0.05, 0.1) is 33.3 Å². The van der Waals surface area contributed by atoms with E-state index in [9.17, 15) is 0 Å². The molecular weight excluding hydrogens is 721 g/mol. The lowest BCUT2D eigenvalue weighted by Crippen LogP contribution is -2.03. The van der Waals surface area contributed by atoms with Gasteiger partial charge < -0.3 is 8.98 Å². The van der Waals surface area contributed by atoms with Crippen LogP contribution in [0.4, 0.5) is 0 Å². The smallest absolute Gasteiger partial charge is 0.235 e. The van der Waals surface area contributed by atoms with E-state index in [4.69, 9.17) is 14.4 Å². The number of hydrogen-bond donors (Lipinski definition) is 0. The van der Waals surface area contributed by atoms with Gasteiger partial charge in [0.15, 0.2) is 0 Å². The first kappa shape index (κ1) is 32.1. The van der Waals surface area contributed by atoms with Crippen LogP contribution >= 0.6 is 0 Å². The minimum atomic E-state index is 0.617. The molecule has 0 atom stereocenters. The van der Waals surface area contributed by atoms with Crippen LogP contribution in [0.1, 0.15) is 0 Å². The summed E-state index contributed by atoms with van der Waals surface area (Å²) < 4.78 is 11.3. The van der Waals surface area contributed by atoms with E-state index in [-0.39, 0.29) is 0 Å². The molecular formula is C54H32N4O. The molecule has 0 aliphatic rings. The Labute approximate surface area is 337 Å². The molecule has 5 heteroatoms. The minimum absolute atomic E-state index is 0.617. The number of furan rings is 1. The highest BCUT2D eigenvalue weighted by Crippen LogP contribution is 2.41. The molecule has 0 spiro atoms. The monoisotopic (exact) mass is 752 g/mol. The molecule has 0 amide bonds. The van der Waals surface area contributed by atoms with Gasteiger partial charge in [0, 0.05) is 49.0 Å². The predicted octanol–water partition coefficient (Wildman–Crippen LogP) is 14.2. The maximum Gasteiger partial charge on any atom is 0.235 e. The zero-order valence-electron chi connectivity index (χ0n) is 31.7. The van der Waals surface area contributed by atoms with Crippen molar-refractivity contribution in [3.05, 3.63) is 194 Å². The first-order valence-corrected chi connectivity index (χ1v) is 20.0. The van der Waals surface area contributed by atoms with Gasteiger partial charge in [-0.15, -0.1) is 0 Å². The fraction of sp³-hybridized carbons (Fsp3) is 0. The molecule has 59 heavy (non-hydrogen) atoms. The van der Waals surface area contributed by atoms with Gasteiger partial charge in [0.2, 0.25) is 5.95 Å². The summed E-state index contributed by atoms with van der Waals surface area (Å²) in [6.45, 7) is 0. The third kappa shape index (κ3) is 4.73. The number of nitrogens with zero attached hydrogens (tertiary/aromatic N) is 4. The van der Waals surface area contributed by atoms with Crippen molar-refractivity contribution in [1.82, 2.24) is 19.1 Å². The van der Waals surface area contributed by atoms with Gasteiger partial charge in [-0.3, -0.25) is 4.57 Å². The zero-order valence-corrected chi connectivity index (χ0v) is 31.7. The van der Waals surface area contributed by atoms with Crippen LogP contribution in [0.5, 0.6) is 0 Å². The number of hydrogen-bond acceptors (Lipinski definition) is 3. The Morgan fingerprint density at radius 3 is 1.69 bits per heavy atom. The summed E-state index contributed by atoms with van der Waals surface area (Å²) in [5, 5.41) is 10.2. The van der Waals surface area contributed by atoms with E-state index in [0.717, 1.165) is 82.5 Å². The van der Waals surface area contributed by atoms with Crippen molar-refractivity contribution >= 4 is 87.2 Å². The van der Waals surface area contributed by atoms with Gasteiger partial charge in [0.1, 0.15) is 11.2 Å². The van der Waals surface area contributed by atoms with Crippen molar-refractivity contribution in [2.45, 2.75) is 0 Å². The van der Waals surface area contributed by atoms with Crippen molar-refractivity contribution in [3.63, 3.8) is 0 Å². The van der Waals surface area contributed by atoms with Crippen LogP contribution in [0.3, 0.4) is 0 Å². The maximum atomic E-state index is 6.73. The third-order valence-corrected chi connectivity index (χ3v) is 12.1. The van der Waals surface area contributed by atoms with E-state index in [1.165, 1.54) is 32.8 Å². The molecule has 0 aliphatic carbocycles. The first-order valence-electron chi connectivity index (χ1n) is 20.0. The minimum Gasteiger partial charge on any atom is -0.455 e. The fourth-order valence-electron chi connectivity index (χ4n) is 9.42. The average Bonchev–Trinajstić information content (AvgIpc) is 3.95. The molecule has 0 bridgehead atoms. The Morgan fingerprint density at radius 2 is 0.949 bits per heavy atom. The largest absolute Gasteiger partial charge is 0.455 e. The molecule has 274 valence electrons. The molecule has 0 aliphatic heterocycles. The van der Waals surface area contributed by atoms with E-state index < -0.39 is 0 Å². The zero-order chi connectivity index (χ0) is 38.6. The number of fused-ring (bicyclic) bond motifs is 11. The molecule has 4 heterocycles. The van der Waals surface area contributed by atoms with Gasteiger partial charge in [-0.25, -0.2) is 9.97 Å². The Kier molecular flexibility index (Phi) is 6.66. The molecule has 4 aromatic heterocycles. The SMILES string of the molecule is c1ccc(-n2c3ccccc3c3cc(-c4ccc5c(c4)c4ccccc4n5-c4nc(-c5cccc6c5oc5cc7ccccc7cc56)c5ccccc5n4)ccc32)cc1. The van der Waals surface area contributed by atoms with Gasteiger partial charge in [-0.1, -0.05) is 121 Å². The quantitative estimate of drug-likeness (QED) is 0.180. The molecule has 13 aromatic rings. The second-order valence-corrected chi connectivity index (χ2v) is 15.4. The Morgan fingerprint density at radius 1 is 0.373 bits per heavy atom. The van der Waals surface area contributed by atoms with Crippen LogP contribution < -0.4 is 0 Å². The van der Waals surface area contributed by atoms with E-state index in [1.807, 2.05) is 6.07 Å². The average molecular weight is 753 g/mol. The topological polar surface area (TPSA) is 48.8 Å². The molecule has 0 unspecified atom stereocenters. The summed E-state index contributed by atoms with van der Waals surface area (Å²) in [5.41, 5.74) is 12.3. The predicted molar refractivity (Wildman–Crippen MR) is 244 cm³/mol. The molecule has 13 rings (SSSR count). The van der Waals surface area contributed by atoms with Gasteiger partial charge >= 0.3 is 0 Å². The van der Waals surface area contributed by atoms with Crippen molar-refractivity contribution in [3.8, 4) is 34.0 Å². The summed E-state index contributed by atoms with van der Waals surface area (Å²) in [5.74, 6) is 0.617. The Balaban J connectivity index is 1.01. The van der Waals surface area contributed by atoms with E-state index in [2.05, 4.69) is 197 Å². The molecule has 0 radical (unpaired) electrons. The summed E-state index contributed by atoms with van der Waals surface area (Å²) in [6.07, 6.45) is 0. The Hall–Kier alpha value is -8.02. The maximum absolute atomic E-state index is 6.73. The van der Waals surface area contributed by atoms with E-state index >= 15 is 0 Å². The molecule has 5 nitrogen and oxygen atoms in total. The summed E-state index contributed by atoms with van der Waals surface area (Å²) in [6, 6.07) is 69.0. The third-order valence-electron chi connectivity index (χ3n) is 12.1. The lowest BCUT2D eigenvalue weighted by molar-refractivity contribution is 0.670. The standard InChI is InChI=1S/C54H32N4O/c1-2-15-37(16-3-1)57-47-23-10-7-17-38(47)43-29-35(25-27-49(43)57)36-26-28-50-44(30-36)39-18-8-11-24-48(39)58(50)54-55-46-22-9-6-19-41(46)52(56-54)42-21-12-20-40-45-31-33-13-4-5-14-34(33)32-51(45)59-53(40)42/h1-32H. The van der Waals surface area contributed by atoms with Crippen molar-refractivity contribution < 1.29 is 4.42 Å². The van der Waals surface area contributed by atoms with Crippen LogP contribution in [0.15, 0.2) is 199 Å². The van der Waals surface area contributed by atoms with Gasteiger partial charge in [0.25, 0.3) is 0 Å². The second kappa shape index (κ2) is 12.2. The first-order chi connectivity index (χ1) is 29.2. The van der Waals surface area contributed by atoms with Crippen molar-refractivity contribution in [1.29, 1.82) is 0 Å². The number of rotatable bonds is 4. The number of benzene rings is 9. The van der Waals surface area contributed by atoms with Crippen LogP contribution in [-0.2, 0) is 0 Å². The number of para-hydroxylation sites is 5. The molecule has 0 saturated carbocycles. The lowest BCUT2D eigenvalue weighted by atomic mass is 10.0. The van der Waals surface area contributed by atoms with Crippen LogP contribution in [-0.4, -0.2) is 19.1 Å². The number of aromatic nitrogens is 4. The van der Waals surface area contributed by atoms with Crippen molar-refractivity contribution in [2.75, 3.05) is 0 Å². The second-order valence-electron chi connectivity index (χ2n) is 15.4. The van der Waals surface area contributed by atoms with Gasteiger partial charge in [-0.05, 0) is 94.7 Å². The molecule has 9 aromatic carbocycles. The van der Waals surface area contributed by atoms with Crippen molar-refractivity contribution in [2.24, 2.45) is 0 Å². The van der Waals surface area contributed by atoms with Crippen LogP contribution in [0.2, 0.25) is 0 Å². The summed E-state index contributed by atoms with van der Waals surface area (Å²) >= 11 is 0. The molecule has 0 fully saturated rings. The Bertz CT molecular complexity index is 3850. The highest BCUT2D eigenvalue weighted by atomic mass is 16.3. The van der Waals surface area contributed by atoms with E-state index in [1.54, 1.807) is 0 Å². The summed E-state index contributed by atoms with van der Waals surface area (Å²) in [7, 11) is 0. The van der Waals surface area contributed by atoms with Crippen LogP contribution in [0.25, 0.3) is 121 Å². The lowest BCUT2D eigenvalue weighted by Gasteiger charge is -2.12.